The van der Waals surface area contributed by atoms with Gasteiger partial charge in [-0.2, -0.15) is 0 Å². The minimum atomic E-state index is -0.381. The van der Waals surface area contributed by atoms with E-state index in [1.54, 1.807) is 0 Å². The minimum absolute atomic E-state index is 0.128. The van der Waals surface area contributed by atoms with Crippen molar-refractivity contribution in [2.45, 2.75) is 51.5 Å². The Kier molecular flexibility index (Phi) is 5.76. The molecule has 2 heterocycles. The highest BCUT2D eigenvalue weighted by atomic mass is 16.7. The first-order valence-corrected chi connectivity index (χ1v) is 7.32. The van der Waals surface area contributed by atoms with Crippen LogP contribution in [0.1, 0.15) is 33.1 Å². The number of carbonyl (C=O) groups is 1. The highest BCUT2D eigenvalue weighted by Crippen LogP contribution is 2.26. The van der Waals surface area contributed by atoms with Crippen molar-refractivity contribution in [1.29, 1.82) is 0 Å². The average Bonchev–Trinajstić information content (AvgIpc) is 2.38. The van der Waals surface area contributed by atoms with E-state index in [9.17, 15) is 4.79 Å². The van der Waals surface area contributed by atoms with Crippen molar-refractivity contribution in [3.63, 3.8) is 0 Å². The molecule has 1 N–H and O–H groups in total. The number of rotatable bonds is 7. The third-order valence-electron chi connectivity index (χ3n) is 3.78. The first-order chi connectivity index (χ1) is 9.22. The Labute approximate surface area is 115 Å². The fourth-order valence-corrected chi connectivity index (χ4v) is 2.97. The molecule has 5 heteroatoms. The van der Waals surface area contributed by atoms with Gasteiger partial charge in [-0.15, -0.1) is 0 Å². The van der Waals surface area contributed by atoms with E-state index in [0.29, 0.717) is 31.7 Å². The van der Waals surface area contributed by atoms with Crippen LogP contribution in [0.2, 0.25) is 0 Å². The van der Waals surface area contributed by atoms with E-state index in [2.05, 4.69) is 5.32 Å². The van der Waals surface area contributed by atoms with Crippen molar-refractivity contribution in [3.05, 3.63) is 0 Å². The summed E-state index contributed by atoms with van der Waals surface area (Å²) < 4.78 is 16.4. The van der Waals surface area contributed by atoms with Gasteiger partial charge in [0.15, 0.2) is 6.29 Å². The molecule has 0 radical (unpaired) electrons. The number of ether oxygens (including phenoxy) is 3. The normalized spacial score (nSPS) is 30.6. The molecule has 2 aliphatic heterocycles. The number of carbonyl (C=O) groups excluding carboxylic acids is 1. The van der Waals surface area contributed by atoms with Crippen molar-refractivity contribution in [2.24, 2.45) is 5.92 Å². The van der Waals surface area contributed by atoms with Crippen LogP contribution in [0.15, 0.2) is 0 Å². The van der Waals surface area contributed by atoms with Crippen molar-refractivity contribution < 1.29 is 19.0 Å². The lowest BCUT2D eigenvalue weighted by atomic mass is 9.83. The van der Waals surface area contributed by atoms with Gasteiger partial charge in [0.25, 0.3) is 0 Å². The van der Waals surface area contributed by atoms with Gasteiger partial charge in [0.05, 0.1) is 19.6 Å². The van der Waals surface area contributed by atoms with E-state index in [1.807, 2.05) is 13.8 Å². The summed E-state index contributed by atoms with van der Waals surface area (Å²) in [7, 11) is 0. The Hall–Kier alpha value is -0.490. The van der Waals surface area contributed by atoms with Crippen LogP contribution in [0.5, 0.6) is 0 Å². The van der Waals surface area contributed by atoms with Crippen LogP contribution in [0, 0.1) is 5.92 Å². The second-order valence-electron chi connectivity index (χ2n) is 5.28. The molecule has 0 aliphatic carbocycles. The Morgan fingerprint density at radius 2 is 1.79 bits per heavy atom. The molecule has 2 atom stereocenters. The second kappa shape index (κ2) is 7.33. The van der Waals surface area contributed by atoms with Gasteiger partial charge in [0, 0.05) is 31.2 Å². The molecule has 5 nitrogen and oxygen atoms in total. The summed E-state index contributed by atoms with van der Waals surface area (Å²) in [5.41, 5.74) is 0. The highest BCUT2D eigenvalue weighted by molar-refractivity contribution is 5.81. The maximum absolute atomic E-state index is 12.4. The van der Waals surface area contributed by atoms with Crippen LogP contribution in [0.3, 0.4) is 0 Å². The van der Waals surface area contributed by atoms with Crippen molar-refractivity contribution in [1.82, 2.24) is 5.32 Å². The number of hydrogen-bond donors (Lipinski definition) is 1. The zero-order valence-corrected chi connectivity index (χ0v) is 11.9. The molecule has 0 aromatic heterocycles. The van der Waals surface area contributed by atoms with E-state index < -0.39 is 0 Å². The third-order valence-corrected chi connectivity index (χ3v) is 3.78. The van der Waals surface area contributed by atoms with Crippen molar-refractivity contribution in [3.8, 4) is 0 Å². The maximum Gasteiger partial charge on any atom is 0.164 e. The minimum Gasteiger partial charge on any atom is -0.378 e. The fraction of sp³-hybridized carbons (Fsp3) is 0.929. The summed E-state index contributed by atoms with van der Waals surface area (Å²) in [6, 6.07) is 0.665. The summed E-state index contributed by atoms with van der Waals surface area (Å²) in [6.07, 6.45) is 1.74. The molecular weight excluding hydrogens is 246 g/mol. The fourth-order valence-electron chi connectivity index (χ4n) is 2.97. The summed E-state index contributed by atoms with van der Waals surface area (Å²) in [5, 5.41) is 3.50. The van der Waals surface area contributed by atoms with Crippen molar-refractivity contribution >= 4 is 5.78 Å². The summed E-state index contributed by atoms with van der Waals surface area (Å²) in [4.78, 5) is 12.4. The average molecular weight is 271 g/mol. The first-order valence-electron chi connectivity index (χ1n) is 7.32. The van der Waals surface area contributed by atoms with Gasteiger partial charge in [-0.25, -0.2) is 0 Å². The van der Waals surface area contributed by atoms with Crippen LogP contribution in [0.25, 0.3) is 0 Å². The van der Waals surface area contributed by atoms with Gasteiger partial charge in [-0.3, -0.25) is 4.79 Å². The van der Waals surface area contributed by atoms with Crippen LogP contribution in [-0.2, 0) is 19.0 Å². The second-order valence-corrected chi connectivity index (χ2v) is 5.28. The zero-order valence-electron chi connectivity index (χ0n) is 11.9. The number of morpholine rings is 1. The lowest BCUT2D eigenvalue weighted by Crippen LogP contribution is -2.55. The number of ketones is 1. The number of piperidine rings is 1. The van der Waals surface area contributed by atoms with Crippen LogP contribution in [0.4, 0.5) is 0 Å². The Bertz CT molecular complexity index is 279. The number of nitrogens with one attached hydrogen (secondary N) is 1. The van der Waals surface area contributed by atoms with E-state index >= 15 is 0 Å². The lowest BCUT2D eigenvalue weighted by molar-refractivity contribution is -0.155. The molecule has 0 spiro atoms. The molecule has 19 heavy (non-hydrogen) atoms. The van der Waals surface area contributed by atoms with Gasteiger partial charge >= 0.3 is 0 Å². The molecule has 0 saturated carbocycles. The molecule has 2 bridgehead atoms. The van der Waals surface area contributed by atoms with Crippen LogP contribution in [-0.4, -0.2) is 50.6 Å². The summed E-state index contributed by atoms with van der Waals surface area (Å²) in [5.74, 6) is 0.397. The quantitative estimate of drug-likeness (QED) is 0.703. The predicted molar refractivity (Wildman–Crippen MR) is 70.9 cm³/mol. The molecular formula is C14H25NO4. The van der Waals surface area contributed by atoms with Gasteiger partial charge in [0.1, 0.15) is 5.78 Å². The van der Waals surface area contributed by atoms with Gasteiger partial charge in [0.2, 0.25) is 0 Å². The molecule has 110 valence electrons. The van der Waals surface area contributed by atoms with E-state index in [1.165, 1.54) is 0 Å². The smallest absolute Gasteiger partial charge is 0.164 e. The summed E-state index contributed by atoms with van der Waals surface area (Å²) >= 11 is 0. The SMILES string of the molecule is CCOC(CC(=O)C1CC2COCC(C1)N2)OCC. The summed E-state index contributed by atoms with van der Waals surface area (Å²) in [6.45, 7) is 6.43. The third kappa shape index (κ3) is 4.24. The number of fused-ring (bicyclic) bond motifs is 2. The van der Waals surface area contributed by atoms with Gasteiger partial charge < -0.3 is 19.5 Å². The van der Waals surface area contributed by atoms with Crippen molar-refractivity contribution in [2.75, 3.05) is 26.4 Å². The topological polar surface area (TPSA) is 56.8 Å². The lowest BCUT2D eigenvalue weighted by Gasteiger charge is -2.39. The molecule has 2 saturated heterocycles. The Morgan fingerprint density at radius 3 is 2.32 bits per heavy atom. The monoisotopic (exact) mass is 271 g/mol. The van der Waals surface area contributed by atoms with Crippen LogP contribution < -0.4 is 5.32 Å². The predicted octanol–water partition coefficient (Wildman–Crippen LogP) is 1.11. The number of Topliss-reactive ketones (excluding diaryl/α,β-unsaturated/α-hetero) is 1. The first kappa shape index (κ1) is 14.9. The molecule has 2 aliphatic rings. The molecule has 2 fully saturated rings. The highest BCUT2D eigenvalue weighted by Gasteiger charge is 2.35. The molecule has 0 aromatic carbocycles. The molecule has 0 aromatic rings. The number of hydrogen-bond acceptors (Lipinski definition) is 5. The molecule has 2 rings (SSSR count). The Morgan fingerprint density at radius 1 is 1.21 bits per heavy atom. The van der Waals surface area contributed by atoms with Gasteiger partial charge in [-0.05, 0) is 26.7 Å². The maximum atomic E-state index is 12.4. The largest absolute Gasteiger partial charge is 0.378 e. The van der Waals surface area contributed by atoms with Crippen LogP contribution >= 0.6 is 0 Å². The van der Waals surface area contributed by atoms with E-state index in [4.69, 9.17) is 14.2 Å². The van der Waals surface area contributed by atoms with E-state index in [-0.39, 0.29) is 18.0 Å². The standard InChI is InChI=1S/C14H25NO4/c1-3-18-14(19-4-2)7-13(16)10-5-11-8-17-9-12(6-10)15-11/h10-12,14-15H,3-9H2,1-2H3. The zero-order chi connectivity index (χ0) is 13.7. The molecule has 0 amide bonds. The van der Waals surface area contributed by atoms with E-state index in [0.717, 1.165) is 26.1 Å². The van der Waals surface area contributed by atoms with Gasteiger partial charge in [-0.1, -0.05) is 0 Å². The Balaban J connectivity index is 1.84. The molecule has 2 unspecified atom stereocenters.